The highest BCUT2D eigenvalue weighted by Gasteiger charge is 2.12. The summed E-state index contributed by atoms with van der Waals surface area (Å²) in [5, 5.41) is 0.527. The highest BCUT2D eigenvalue weighted by molar-refractivity contribution is 6.32. The molecule has 124 valence electrons. The lowest BCUT2D eigenvalue weighted by atomic mass is 10.1. The van der Waals surface area contributed by atoms with Crippen LogP contribution in [0.5, 0.6) is 17.2 Å². The van der Waals surface area contributed by atoms with Crippen molar-refractivity contribution in [1.82, 2.24) is 0 Å². The van der Waals surface area contributed by atoms with E-state index in [0.717, 1.165) is 17.7 Å². The standard InChI is InChI=1S/C18H22ClNO3/c1-2-21-17-13-14(8-9-20)12-16(19)18(17)23-11-10-22-15-6-4-3-5-7-15/h3-7,12-13H,2,8-11,20H2,1H3. The fraction of sp³-hybridized carbons (Fsp3) is 0.333. The number of ether oxygens (including phenoxy) is 3. The van der Waals surface area contributed by atoms with E-state index in [0.29, 0.717) is 42.9 Å². The summed E-state index contributed by atoms with van der Waals surface area (Å²) in [6, 6.07) is 13.4. The molecule has 0 atom stereocenters. The number of hydrogen-bond donors (Lipinski definition) is 1. The number of para-hydroxylation sites is 1. The van der Waals surface area contributed by atoms with Crippen LogP contribution in [0.15, 0.2) is 42.5 Å². The summed E-state index contributed by atoms with van der Waals surface area (Å²) in [5.41, 5.74) is 6.63. The topological polar surface area (TPSA) is 53.7 Å². The molecule has 0 aliphatic heterocycles. The fourth-order valence-corrected chi connectivity index (χ4v) is 2.44. The Morgan fingerprint density at radius 3 is 2.43 bits per heavy atom. The molecule has 0 radical (unpaired) electrons. The van der Waals surface area contributed by atoms with Crippen LogP contribution in [0.3, 0.4) is 0 Å². The van der Waals surface area contributed by atoms with Crippen LogP contribution in [0, 0.1) is 0 Å². The van der Waals surface area contributed by atoms with Crippen molar-refractivity contribution in [2.75, 3.05) is 26.4 Å². The molecule has 4 nitrogen and oxygen atoms in total. The molecule has 2 aromatic rings. The van der Waals surface area contributed by atoms with E-state index >= 15 is 0 Å². The monoisotopic (exact) mass is 335 g/mol. The second-order valence-corrected chi connectivity index (χ2v) is 5.29. The first-order valence-corrected chi connectivity index (χ1v) is 8.08. The maximum atomic E-state index is 6.32. The predicted molar refractivity (Wildman–Crippen MR) is 92.8 cm³/mol. The van der Waals surface area contributed by atoms with Crippen molar-refractivity contribution >= 4 is 11.6 Å². The molecule has 5 heteroatoms. The van der Waals surface area contributed by atoms with Gasteiger partial charge in [0.2, 0.25) is 0 Å². The predicted octanol–water partition coefficient (Wildman–Crippen LogP) is 3.70. The minimum absolute atomic E-state index is 0.380. The van der Waals surface area contributed by atoms with Gasteiger partial charge in [-0.3, -0.25) is 0 Å². The summed E-state index contributed by atoms with van der Waals surface area (Å²) in [7, 11) is 0. The van der Waals surface area contributed by atoms with E-state index in [1.54, 1.807) is 0 Å². The molecule has 0 bridgehead atoms. The zero-order valence-electron chi connectivity index (χ0n) is 13.3. The number of hydrogen-bond acceptors (Lipinski definition) is 4. The molecular weight excluding hydrogens is 314 g/mol. The SMILES string of the molecule is CCOc1cc(CCN)cc(Cl)c1OCCOc1ccccc1. The molecule has 0 fully saturated rings. The maximum Gasteiger partial charge on any atom is 0.179 e. The highest BCUT2D eigenvalue weighted by atomic mass is 35.5. The van der Waals surface area contributed by atoms with Crippen molar-refractivity contribution in [2.24, 2.45) is 5.73 Å². The molecule has 0 heterocycles. The van der Waals surface area contributed by atoms with Gasteiger partial charge in [-0.25, -0.2) is 0 Å². The largest absolute Gasteiger partial charge is 0.490 e. The normalized spacial score (nSPS) is 10.4. The second kappa shape index (κ2) is 9.28. The Labute approximate surface area is 142 Å². The van der Waals surface area contributed by atoms with Crippen LogP contribution in [-0.2, 0) is 6.42 Å². The number of rotatable bonds is 9. The van der Waals surface area contributed by atoms with Gasteiger partial charge in [-0.2, -0.15) is 0 Å². The van der Waals surface area contributed by atoms with Gasteiger partial charge >= 0.3 is 0 Å². The van der Waals surface area contributed by atoms with Crippen molar-refractivity contribution < 1.29 is 14.2 Å². The summed E-state index contributed by atoms with van der Waals surface area (Å²) < 4.78 is 17.0. The molecule has 23 heavy (non-hydrogen) atoms. The van der Waals surface area contributed by atoms with Crippen molar-refractivity contribution in [3.05, 3.63) is 53.1 Å². The molecule has 2 rings (SSSR count). The van der Waals surface area contributed by atoms with Crippen molar-refractivity contribution in [1.29, 1.82) is 0 Å². The van der Waals surface area contributed by atoms with Gasteiger partial charge in [-0.05, 0) is 49.7 Å². The average Bonchev–Trinajstić information content (AvgIpc) is 2.55. The fourth-order valence-electron chi connectivity index (χ4n) is 2.16. The van der Waals surface area contributed by atoms with E-state index in [4.69, 9.17) is 31.5 Å². The van der Waals surface area contributed by atoms with Gasteiger partial charge in [-0.15, -0.1) is 0 Å². The van der Waals surface area contributed by atoms with Gasteiger partial charge < -0.3 is 19.9 Å². The third-order valence-electron chi connectivity index (χ3n) is 3.14. The van der Waals surface area contributed by atoms with Crippen molar-refractivity contribution in [2.45, 2.75) is 13.3 Å². The molecular formula is C18H22ClNO3. The zero-order chi connectivity index (χ0) is 16.5. The van der Waals surface area contributed by atoms with E-state index in [1.165, 1.54) is 0 Å². The molecule has 0 aliphatic carbocycles. The summed E-state index contributed by atoms with van der Waals surface area (Å²) in [6.45, 7) is 3.83. The van der Waals surface area contributed by atoms with Gasteiger partial charge in [0, 0.05) is 0 Å². The lowest BCUT2D eigenvalue weighted by molar-refractivity contribution is 0.208. The average molecular weight is 336 g/mol. The molecule has 2 N–H and O–H groups in total. The minimum atomic E-state index is 0.380. The van der Waals surface area contributed by atoms with Gasteiger partial charge in [0.1, 0.15) is 19.0 Å². The van der Waals surface area contributed by atoms with Crippen LogP contribution in [0.1, 0.15) is 12.5 Å². The van der Waals surface area contributed by atoms with E-state index in [-0.39, 0.29) is 0 Å². The summed E-state index contributed by atoms with van der Waals surface area (Å²) in [4.78, 5) is 0. The first-order chi connectivity index (χ1) is 11.2. The summed E-state index contributed by atoms with van der Waals surface area (Å²) in [6.07, 6.45) is 0.747. The number of halogens is 1. The summed E-state index contributed by atoms with van der Waals surface area (Å²) >= 11 is 6.32. The molecule has 2 aromatic carbocycles. The Bertz CT molecular complexity index is 605. The molecule has 0 saturated heterocycles. The third-order valence-corrected chi connectivity index (χ3v) is 3.42. The van der Waals surface area contributed by atoms with E-state index < -0.39 is 0 Å². The lowest BCUT2D eigenvalue weighted by Gasteiger charge is -2.15. The van der Waals surface area contributed by atoms with Gasteiger partial charge in [0.15, 0.2) is 11.5 Å². The van der Waals surface area contributed by atoms with Crippen LogP contribution in [0.4, 0.5) is 0 Å². The molecule has 0 aliphatic rings. The Balaban J connectivity index is 1.97. The number of benzene rings is 2. The lowest BCUT2D eigenvalue weighted by Crippen LogP contribution is -2.10. The van der Waals surface area contributed by atoms with Crippen LogP contribution >= 0.6 is 11.6 Å². The molecule has 0 saturated carbocycles. The zero-order valence-corrected chi connectivity index (χ0v) is 14.0. The van der Waals surface area contributed by atoms with E-state index in [9.17, 15) is 0 Å². The van der Waals surface area contributed by atoms with Crippen LogP contribution in [0.2, 0.25) is 5.02 Å². The Morgan fingerprint density at radius 1 is 1.00 bits per heavy atom. The molecule has 0 unspecified atom stereocenters. The van der Waals surface area contributed by atoms with Crippen LogP contribution in [-0.4, -0.2) is 26.4 Å². The Hall–Kier alpha value is -1.91. The molecule has 0 spiro atoms. The molecule has 0 aromatic heterocycles. The smallest absolute Gasteiger partial charge is 0.179 e. The summed E-state index contributed by atoms with van der Waals surface area (Å²) in [5.74, 6) is 2.00. The maximum absolute atomic E-state index is 6.32. The quantitative estimate of drug-likeness (QED) is 0.710. The highest BCUT2D eigenvalue weighted by Crippen LogP contribution is 2.36. The van der Waals surface area contributed by atoms with E-state index in [2.05, 4.69) is 0 Å². The second-order valence-electron chi connectivity index (χ2n) is 4.89. The first kappa shape index (κ1) is 17.4. The molecule has 0 amide bonds. The Morgan fingerprint density at radius 2 is 1.74 bits per heavy atom. The van der Waals surface area contributed by atoms with Gasteiger partial charge in [-0.1, -0.05) is 29.8 Å². The number of nitrogens with two attached hydrogens (primary N) is 1. The van der Waals surface area contributed by atoms with Crippen LogP contribution in [0.25, 0.3) is 0 Å². The van der Waals surface area contributed by atoms with Crippen molar-refractivity contribution in [3.8, 4) is 17.2 Å². The minimum Gasteiger partial charge on any atom is -0.490 e. The van der Waals surface area contributed by atoms with Gasteiger partial charge in [0.25, 0.3) is 0 Å². The third kappa shape index (κ3) is 5.34. The van der Waals surface area contributed by atoms with Crippen LogP contribution < -0.4 is 19.9 Å². The van der Waals surface area contributed by atoms with Crippen molar-refractivity contribution in [3.63, 3.8) is 0 Å². The van der Waals surface area contributed by atoms with Gasteiger partial charge in [0.05, 0.1) is 11.6 Å². The van der Waals surface area contributed by atoms with E-state index in [1.807, 2.05) is 49.4 Å². The Kier molecular flexibility index (Phi) is 7.04. The first-order valence-electron chi connectivity index (χ1n) is 7.70.